The Balaban J connectivity index is 1.49. The summed E-state index contributed by atoms with van der Waals surface area (Å²) in [5, 5.41) is 2.75. The van der Waals surface area contributed by atoms with E-state index < -0.39 is 22.1 Å². The molecule has 1 aromatic carbocycles. The number of rotatable bonds is 5. The van der Waals surface area contributed by atoms with Crippen molar-refractivity contribution in [3.8, 4) is 11.5 Å². The summed E-state index contributed by atoms with van der Waals surface area (Å²) in [7, 11) is -2.42. The molecule has 11 nitrogen and oxygen atoms in total. The highest BCUT2D eigenvalue weighted by Crippen LogP contribution is 2.37. The van der Waals surface area contributed by atoms with Crippen molar-refractivity contribution in [2.45, 2.75) is 12.8 Å². The van der Waals surface area contributed by atoms with Gasteiger partial charge < -0.3 is 24.3 Å². The quantitative estimate of drug-likeness (QED) is 0.634. The predicted molar refractivity (Wildman–Crippen MR) is 108 cm³/mol. The largest absolute Gasteiger partial charge is 0.465 e. The van der Waals surface area contributed by atoms with Gasteiger partial charge in [0.05, 0.1) is 37.5 Å². The highest BCUT2D eigenvalue weighted by molar-refractivity contribution is 7.86. The summed E-state index contributed by atoms with van der Waals surface area (Å²) >= 11 is 0. The molecule has 4 rings (SSSR count). The van der Waals surface area contributed by atoms with Crippen LogP contribution in [0.25, 0.3) is 0 Å². The van der Waals surface area contributed by atoms with Gasteiger partial charge in [0.1, 0.15) is 0 Å². The van der Waals surface area contributed by atoms with Crippen molar-refractivity contribution in [1.82, 2.24) is 8.61 Å². The highest BCUT2D eigenvalue weighted by Gasteiger charge is 2.37. The maximum atomic E-state index is 13.0. The fourth-order valence-corrected chi connectivity index (χ4v) is 5.53. The number of carbonyl (C=O) groups is 2. The molecule has 3 aliphatic rings. The molecule has 1 atom stereocenters. The van der Waals surface area contributed by atoms with Crippen LogP contribution in [-0.2, 0) is 24.5 Å². The van der Waals surface area contributed by atoms with Crippen molar-refractivity contribution in [2.75, 3.05) is 58.6 Å². The van der Waals surface area contributed by atoms with Gasteiger partial charge in [0.2, 0.25) is 12.7 Å². The first-order valence-electron chi connectivity index (χ1n) is 10.1. The summed E-state index contributed by atoms with van der Waals surface area (Å²) in [6.45, 7) is 1.77. The average molecular weight is 455 g/mol. The van der Waals surface area contributed by atoms with Crippen LogP contribution < -0.4 is 14.8 Å². The smallest absolute Gasteiger partial charge is 0.340 e. The van der Waals surface area contributed by atoms with Gasteiger partial charge in [-0.3, -0.25) is 4.79 Å². The van der Waals surface area contributed by atoms with E-state index in [0.29, 0.717) is 57.2 Å². The number of esters is 1. The van der Waals surface area contributed by atoms with E-state index in [1.54, 1.807) is 0 Å². The van der Waals surface area contributed by atoms with E-state index >= 15 is 0 Å². The van der Waals surface area contributed by atoms with E-state index in [4.69, 9.17) is 18.9 Å². The van der Waals surface area contributed by atoms with Crippen LogP contribution >= 0.6 is 0 Å². The fourth-order valence-electron chi connectivity index (χ4n) is 3.87. The number of anilines is 1. The topological polar surface area (TPSA) is 124 Å². The second kappa shape index (κ2) is 8.99. The molecule has 0 radical (unpaired) electrons. The van der Waals surface area contributed by atoms with E-state index in [-0.39, 0.29) is 30.5 Å². The lowest BCUT2D eigenvalue weighted by Gasteiger charge is -2.36. The van der Waals surface area contributed by atoms with Crippen molar-refractivity contribution in [1.29, 1.82) is 0 Å². The second-order valence-electron chi connectivity index (χ2n) is 7.45. The molecule has 3 heterocycles. The van der Waals surface area contributed by atoms with Crippen molar-refractivity contribution in [3.05, 3.63) is 17.7 Å². The summed E-state index contributed by atoms with van der Waals surface area (Å²) in [6.07, 6.45) is 1.10. The number of benzene rings is 1. The van der Waals surface area contributed by atoms with Crippen LogP contribution in [0.5, 0.6) is 11.5 Å². The van der Waals surface area contributed by atoms with Crippen molar-refractivity contribution in [3.63, 3.8) is 0 Å². The third kappa shape index (κ3) is 4.47. The number of hydrogen-bond donors (Lipinski definition) is 1. The number of amides is 1. The minimum absolute atomic E-state index is 0.0182. The van der Waals surface area contributed by atoms with Gasteiger partial charge in [-0.05, 0) is 12.8 Å². The summed E-state index contributed by atoms with van der Waals surface area (Å²) in [6, 6.07) is 2.97. The first-order valence-corrected chi connectivity index (χ1v) is 11.5. The first-order chi connectivity index (χ1) is 14.9. The molecule has 3 aliphatic heterocycles. The normalized spacial score (nSPS) is 22.2. The van der Waals surface area contributed by atoms with Gasteiger partial charge in [0.15, 0.2) is 11.5 Å². The molecule has 2 fully saturated rings. The molecule has 12 heteroatoms. The fraction of sp³-hybridized carbons (Fsp3) is 0.579. The maximum absolute atomic E-state index is 13.0. The molecule has 0 aliphatic carbocycles. The third-order valence-corrected chi connectivity index (χ3v) is 7.56. The molecule has 1 aromatic rings. The Morgan fingerprint density at radius 1 is 1.10 bits per heavy atom. The van der Waals surface area contributed by atoms with Crippen LogP contribution in [-0.4, -0.2) is 82.2 Å². The molecule has 31 heavy (non-hydrogen) atoms. The van der Waals surface area contributed by atoms with Crippen LogP contribution in [0, 0.1) is 5.92 Å². The monoisotopic (exact) mass is 455 g/mol. The summed E-state index contributed by atoms with van der Waals surface area (Å²) in [4.78, 5) is 25.2. The molecule has 0 bridgehead atoms. The molecule has 0 aromatic heterocycles. The lowest BCUT2D eigenvalue weighted by atomic mass is 9.98. The summed E-state index contributed by atoms with van der Waals surface area (Å²) in [5.74, 6) is -0.762. The van der Waals surface area contributed by atoms with Gasteiger partial charge in [-0.2, -0.15) is 17.0 Å². The van der Waals surface area contributed by atoms with Crippen LogP contribution in [0.3, 0.4) is 0 Å². The van der Waals surface area contributed by atoms with Gasteiger partial charge >= 0.3 is 5.97 Å². The van der Waals surface area contributed by atoms with Crippen LogP contribution in [0.1, 0.15) is 23.2 Å². The third-order valence-electron chi connectivity index (χ3n) is 5.55. The van der Waals surface area contributed by atoms with Gasteiger partial charge in [0, 0.05) is 38.3 Å². The maximum Gasteiger partial charge on any atom is 0.340 e. The number of hydrogen-bond acceptors (Lipinski definition) is 8. The number of piperidine rings is 1. The number of carbonyl (C=O) groups excluding carboxylic acids is 2. The Kier molecular flexibility index (Phi) is 6.32. The van der Waals surface area contributed by atoms with Crippen LogP contribution in [0.15, 0.2) is 12.1 Å². The van der Waals surface area contributed by atoms with Crippen molar-refractivity contribution < 1.29 is 37.0 Å². The van der Waals surface area contributed by atoms with E-state index in [2.05, 4.69) is 5.32 Å². The lowest BCUT2D eigenvalue weighted by Crippen LogP contribution is -2.52. The first kappa shape index (κ1) is 21.8. The Hall–Kier alpha value is -2.41. The zero-order valence-corrected chi connectivity index (χ0v) is 18.0. The van der Waals surface area contributed by atoms with Gasteiger partial charge in [-0.25, -0.2) is 4.79 Å². The van der Waals surface area contributed by atoms with Crippen LogP contribution in [0.2, 0.25) is 0 Å². The number of ether oxygens (including phenoxy) is 4. The predicted octanol–water partition coefficient (Wildman–Crippen LogP) is 0.429. The molecule has 2 saturated heterocycles. The molecule has 1 unspecified atom stereocenters. The van der Waals surface area contributed by atoms with E-state index in [9.17, 15) is 18.0 Å². The molecular formula is C19H25N3O8S. The Bertz CT molecular complexity index is 961. The Morgan fingerprint density at radius 3 is 2.52 bits per heavy atom. The molecule has 1 N–H and O–H groups in total. The molecule has 0 spiro atoms. The number of nitrogens with zero attached hydrogens (tertiary/aromatic N) is 2. The Morgan fingerprint density at radius 2 is 1.81 bits per heavy atom. The lowest BCUT2D eigenvalue weighted by molar-refractivity contribution is -0.120. The number of methoxy groups -OCH3 is 1. The van der Waals surface area contributed by atoms with E-state index in [1.807, 2.05) is 0 Å². The van der Waals surface area contributed by atoms with Gasteiger partial charge in [-0.15, -0.1) is 0 Å². The highest BCUT2D eigenvalue weighted by atomic mass is 32.2. The van der Waals surface area contributed by atoms with Crippen LogP contribution in [0.4, 0.5) is 5.69 Å². The van der Waals surface area contributed by atoms with Gasteiger partial charge in [-0.1, -0.05) is 0 Å². The minimum atomic E-state index is -3.66. The standard InChI is InChI=1S/C19H25N3O8S/c1-27-19(24)14-9-16-17(30-12-29-16)10-15(14)20-18(23)13-3-2-4-22(11-13)31(25,26)21-5-7-28-8-6-21/h9-10,13H,2-8,11-12H2,1H3,(H,20,23). The minimum Gasteiger partial charge on any atom is -0.465 e. The molecule has 170 valence electrons. The van der Waals surface area contributed by atoms with E-state index in [1.165, 1.54) is 27.9 Å². The second-order valence-corrected chi connectivity index (χ2v) is 9.38. The molecular weight excluding hydrogens is 430 g/mol. The Labute approximate surface area is 180 Å². The van der Waals surface area contributed by atoms with E-state index in [0.717, 1.165) is 0 Å². The summed E-state index contributed by atoms with van der Waals surface area (Å²) < 4.78 is 49.3. The number of fused-ring (bicyclic) bond motifs is 1. The molecule has 0 saturated carbocycles. The number of morpholine rings is 1. The average Bonchev–Trinajstić information content (AvgIpc) is 3.26. The molecule has 1 amide bonds. The van der Waals surface area contributed by atoms with Gasteiger partial charge in [0.25, 0.3) is 10.2 Å². The SMILES string of the molecule is COC(=O)c1cc2c(cc1NC(=O)C1CCCN(S(=O)(=O)N3CCOCC3)C1)OCO2. The zero-order valence-electron chi connectivity index (χ0n) is 17.2. The van der Waals surface area contributed by atoms with Crippen molar-refractivity contribution >= 4 is 27.8 Å². The zero-order chi connectivity index (χ0) is 22.0. The van der Waals surface area contributed by atoms with Crippen molar-refractivity contribution in [2.24, 2.45) is 5.92 Å². The summed E-state index contributed by atoms with van der Waals surface area (Å²) in [5.41, 5.74) is 0.364. The number of nitrogens with one attached hydrogen (secondary N) is 1.